The lowest BCUT2D eigenvalue weighted by Crippen LogP contribution is -2.27. The fourth-order valence-corrected chi connectivity index (χ4v) is 3.54. The SMILES string of the molecule is O=C1N=C2C=CC(Cl)=CC2C(c2ccccc2)=C1Nc1ccc(Br)cc1. The number of hydrogen-bond acceptors (Lipinski definition) is 2. The number of hydrogen-bond donors (Lipinski definition) is 1. The van der Waals surface area contributed by atoms with Gasteiger partial charge in [0.1, 0.15) is 5.70 Å². The van der Waals surface area contributed by atoms with Crippen LogP contribution in [0, 0.1) is 5.92 Å². The van der Waals surface area contributed by atoms with Gasteiger partial charge in [-0.25, -0.2) is 4.99 Å². The summed E-state index contributed by atoms with van der Waals surface area (Å²) in [6, 6.07) is 17.5. The molecule has 0 fully saturated rings. The summed E-state index contributed by atoms with van der Waals surface area (Å²) < 4.78 is 0.975. The van der Waals surface area contributed by atoms with Crippen molar-refractivity contribution in [3.63, 3.8) is 0 Å². The molecule has 0 spiro atoms. The fraction of sp³-hybridized carbons (Fsp3) is 0.0476. The van der Waals surface area contributed by atoms with Crippen LogP contribution in [-0.2, 0) is 4.79 Å². The van der Waals surface area contributed by atoms with E-state index in [1.807, 2.05) is 66.7 Å². The first-order chi connectivity index (χ1) is 12.6. The third-order valence-corrected chi connectivity index (χ3v) is 5.06. The van der Waals surface area contributed by atoms with Gasteiger partial charge < -0.3 is 5.32 Å². The summed E-state index contributed by atoms with van der Waals surface area (Å²) in [5, 5.41) is 3.90. The normalized spacial score (nSPS) is 19.0. The highest BCUT2D eigenvalue weighted by atomic mass is 79.9. The first-order valence-corrected chi connectivity index (χ1v) is 9.29. The number of carbonyl (C=O) groups excluding carboxylic acids is 1. The molecular weight excluding hydrogens is 412 g/mol. The first-order valence-electron chi connectivity index (χ1n) is 8.12. The topological polar surface area (TPSA) is 41.5 Å². The number of nitrogens with one attached hydrogen (secondary N) is 1. The number of allylic oxidation sites excluding steroid dienone is 5. The molecule has 0 bridgehead atoms. The van der Waals surface area contributed by atoms with Gasteiger partial charge in [0.2, 0.25) is 0 Å². The van der Waals surface area contributed by atoms with E-state index in [4.69, 9.17) is 11.6 Å². The highest BCUT2D eigenvalue weighted by molar-refractivity contribution is 9.10. The van der Waals surface area contributed by atoms with Crippen LogP contribution in [0.5, 0.6) is 0 Å². The maximum atomic E-state index is 12.8. The molecule has 1 amide bonds. The largest absolute Gasteiger partial charge is 0.351 e. The summed E-state index contributed by atoms with van der Waals surface area (Å²) in [6.07, 6.45) is 5.50. The molecule has 1 aliphatic carbocycles. The van der Waals surface area contributed by atoms with Gasteiger partial charge in [-0.3, -0.25) is 4.79 Å². The highest BCUT2D eigenvalue weighted by Gasteiger charge is 2.32. The van der Waals surface area contributed by atoms with E-state index in [9.17, 15) is 4.79 Å². The van der Waals surface area contributed by atoms with Gasteiger partial charge in [-0.05, 0) is 42.0 Å². The summed E-state index contributed by atoms with van der Waals surface area (Å²) in [7, 11) is 0. The Balaban J connectivity index is 1.86. The number of benzene rings is 2. The van der Waals surface area contributed by atoms with E-state index in [1.54, 1.807) is 6.08 Å². The third kappa shape index (κ3) is 3.30. The summed E-state index contributed by atoms with van der Waals surface area (Å²) in [6.45, 7) is 0. The Labute approximate surface area is 164 Å². The van der Waals surface area contributed by atoms with E-state index >= 15 is 0 Å². The Morgan fingerprint density at radius 1 is 1.00 bits per heavy atom. The Hall–Kier alpha value is -2.43. The number of fused-ring (bicyclic) bond motifs is 1. The van der Waals surface area contributed by atoms with Gasteiger partial charge in [0.15, 0.2) is 0 Å². The van der Waals surface area contributed by atoms with Crippen molar-refractivity contribution in [2.45, 2.75) is 0 Å². The minimum Gasteiger partial charge on any atom is -0.351 e. The minimum atomic E-state index is -0.283. The molecule has 26 heavy (non-hydrogen) atoms. The van der Waals surface area contributed by atoms with E-state index < -0.39 is 0 Å². The molecule has 5 heteroatoms. The average Bonchev–Trinajstić information content (AvgIpc) is 2.65. The Kier molecular flexibility index (Phi) is 4.62. The summed E-state index contributed by atoms with van der Waals surface area (Å²) in [5.74, 6) is -0.445. The number of dihydropyridines is 1. The fourth-order valence-electron chi connectivity index (χ4n) is 3.09. The van der Waals surface area contributed by atoms with Crippen molar-refractivity contribution in [3.8, 4) is 0 Å². The van der Waals surface area contributed by atoms with E-state index in [1.165, 1.54) is 0 Å². The molecule has 0 aromatic heterocycles. The van der Waals surface area contributed by atoms with Crippen molar-refractivity contribution in [2.24, 2.45) is 10.9 Å². The van der Waals surface area contributed by atoms with Crippen LogP contribution in [0.3, 0.4) is 0 Å². The van der Waals surface area contributed by atoms with Crippen LogP contribution in [0.25, 0.3) is 5.57 Å². The van der Waals surface area contributed by atoms with E-state index in [2.05, 4.69) is 26.2 Å². The highest BCUT2D eigenvalue weighted by Crippen LogP contribution is 2.37. The first kappa shape index (κ1) is 17.0. The quantitative estimate of drug-likeness (QED) is 0.699. The zero-order chi connectivity index (χ0) is 18.1. The summed E-state index contributed by atoms with van der Waals surface area (Å²) >= 11 is 9.66. The molecule has 1 aliphatic heterocycles. The van der Waals surface area contributed by atoms with Crippen molar-refractivity contribution < 1.29 is 4.79 Å². The zero-order valence-corrected chi connectivity index (χ0v) is 16.0. The van der Waals surface area contributed by atoms with Gasteiger partial charge in [0.25, 0.3) is 5.91 Å². The van der Waals surface area contributed by atoms with Crippen LogP contribution >= 0.6 is 27.5 Å². The number of amides is 1. The number of nitrogens with zero attached hydrogens (tertiary/aromatic N) is 1. The maximum absolute atomic E-state index is 12.8. The number of halogens is 2. The van der Waals surface area contributed by atoms with Crippen LogP contribution in [0.4, 0.5) is 5.69 Å². The predicted octanol–water partition coefficient (Wildman–Crippen LogP) is 5.56. The molecule has 128 valence electrons. The van der Waals surface area contributed by atoms with Gasteiger partial charge in [-0.2, -0.15) is 0 Å². The minimum absolute atomic E-state index is 0.162. The van der Waals surface area contributed by atoms with E-state index in [0.29, 0.717) is 16.4 Å². The molecule has 2 aromatic rings. The standard InChI is InChI=1S/C21H14BrClN2O/c22-14-6-9-16(10-7-14)24-20-19(13-4-2-1-3-5-13)17-12-15(23)8-11-18(17)25-21(20)26/h1-12,17,24H. The molecule has 1 unspecified atom stereocenters. The number of carbonyl (C=O) groups is 1. The molecule has 4 rings (SSSR count). The number of aliphatic imine (C=N–C) groups is 1. The van der Waals surface area contributed by atoms with E-state index in [-0.39, 0.29) is 11.8 Å². The molecule has 2 aromatic carbocycles. The van der Waals surface area contributed by atoms with Gasteiger partial charge >= 0.3 is 0 Å². The molecule has 1 N–H and O–H groups in total. The van der Waals surface area contributed by atoms with Crippen LogP contribution in [0.15, 0.2) is 93.0 Å². The van der Waals surface area contributed by atoms with Gasteiger partial charge in [-0.15, -0.1) is 0 Å². The molecule has 3 nitrogen and oxygen atoms in total. The lowest BCUT2D eigenvalue weighted by molar-refractivity contribution is -0.114. The second-order valence-electron chi connectivity index (χ2n) is 5.99. The molecule has 1 atom stereocenters. The third-order valence-electron chi connectivity index (χ3n) is 4.28. The maximum Gasteiger partial charge on any atom is 0.293 e. The van der Waals surface area contributed by atoms with Crippen molar-refractivity contribution in [1.29, 1.82) is 0 Å². The van der Waals surface area contributed by atoms with Crippen molar-refractivity contribution in [1.82, 2.24) is 0 Å². The zero-order valence-electron chi connectivity index (χ0n) is 13.6. The van der Waals surface area contributed by atoms with Crippen LogP contribution in [-0.4, -0.2) is 11.6 Å². The molecule has 0 saturated heterocycles. The molecular formula is C21H14BrClN2O. The van der Waals surface area contributed by atoms with Crippen molar-refractivity contribution in [2.75, 3.05) is 5.32 Å². The molecule has 2 aliphatic rings. The smallest absolute Gasteiger partial charge is 0.293 e. The average molecular weight is 426 g/mol. The summed E-state index contributed by atoms with van der Waals surface area (Å²) in [5.41, 5.74) is 3.85. The Morgan fingerprint density at radius 3 is 2.46 bits per heavy atom. The molecule has 0 radical (unpaired) electrons. The van der Waals surface area contributed by atoms with Gasteiger partial charge in [-0.1, -0.05) is 63.9 Å². The van der Waals surface area contributed by atoms with Crippen LogP contribution < -0.4 is 5.32 Å². The molecule has 1 heterocycles. The second-order valence-corrected chi connectivity index (χ2v) is 7.34. The Morgan fingerprint density at radius 2 is 1.73 bits per heavy atom. The Bertz CT molecular complexity index is 988. The summed E-state index contributed by atoms with van der Waals surface area (Å²) in [4.78, 5) is 17.0. The predicted molar refractivity (Wildman–Crippen MR) is 110 cm³/mol. The van der Waals surface area contributed by atoms with E-state index in [0.717, 1.165) is 21.3 Å². The number of anilines is 1. The van der Waals surface area contributed by atoms with Crippen LogP contribution in [0.1, 0.15) is 5.56 Å². The lowest BCUT2D eigenvalue weighted by atomic mass is 9.82. The van der Waals surface area contributed by atoms with Crippen molar-refractivity contribution >= 4 is 50.4 Å². The van der Waals surface area contributed by atoms with Gasteiger partial charge in [0, 0.05) is 26.7 Å². The molecule has 0 saturated carbocycles. The van der Waals surface area contributed by atoms with Gasteiger partial charge in [0.05, 0.1) is 5.71 Å². The van der Waals surface area contributed by atoms with Crippen LogP contribution in [0.2, 0.25) is 0 Å². The second kappa shape index (κ2) is 7.06. The van der Waals surface area contributed by atoms with Crippen molar-refractivity contribution in [3.05, 3.63) is 93.6 Å². The number of rotatable bonds is 3. The monoisotopic (exact) mass is 424 g/mol. The lowest BCUT2D eigenvalue weighted by Gasteiger charge is -2.27.